The highest BCUT2D eigenvalue weighted by molar-refractivity contribution is 5.93. The van der Waals surface area contributed by atoms with Gasteiger partial charge in [0.1, 0.15) is 0 Å². The molecule has 3 aromatic rings. The van der Waals surface area contributed by atoms with E-state index in [0.29, 0.717) is 23.1 Å². The summed E-state index contributed by atoms with van der Waals surface area (Å²) in [6.45, 7) is 1.95. The van der Waals surface area contributed by atoms with Crippen LogP contribution in [0.5, 0.6) is 0 Å². The van der Waals surface area contributed by atoms with Crippen LogP contribution in [0.3, 0.4) is 0 Å². The van der Waals surface area contributed by atoms with Crippen molar-refractivity contribution in [1.29, 1.82) is 0 Å². The lowest BCUT2D eigenvalue weighted by Crippen LogP contribution is -2.27. The van der Waals surface area contributed by atoms with Gasteiger partial charge in [0.25, 0.3) is 5.91 Å². The van der Waals surface area contributed by atoms with E-state index in [4.69, 9.17) is 4.52 Å². The van der Waals surface area contributed by atoms with Gasteiger partial charge in [-0.1, -0.05) is 5.16 Å². The van der Waals surface area contributed by atoms with Gasteiger partial charge in [-0.3, -0.25) is 9.78 Å². The number of nitrogens with zero attached hydrogens (tertiary/aromatic N) is 6. The lowest BCUT2D eigenvalue weighted by molar-refractivity contribution is 0.0780. The molecule has 8 heteroatoms. The fraction of sp³-hybridized carbons (Fsp3) is 0.200. The number of hydrogen-bond acceptors (Lipinski definition) is 7. The van der Waals surface area contributed by atoms with Crippen molar-refractivity contribution in [2.45, 2.75) is 13.5 Å². The maximum absolute atomic E-state index is 12.4. The molecular formula is C15H14N6O2. The molecule has 0 saturated heterocycles. The highest BCUT2D eigenvalue weighted by atomic mass is 16.5. The van der Waals surface area contributed by atoms with E-state index < -0.39 is 0 Å². The third kappa shape index (κ3) is 3.37. The standard InChI is InChI=1S/C15H14N6O2/c1-10-19-13(20-23-10)9-21(2)15(22)12-7-17-14(18-8-12)11-3-5-16-6-4-11/h3-8H,9H2,1-2H3. The molecule has 3 rings (SSSR count). The van der Waals surface area contributed by atoms with Gasteiger partial charge in [0.2, 0.25) is 5.89 Å². The van der Waals surface area contributed by atoms with Crippen LogP contribution in [0.4, 0.5) is 0 Å². The van der Waals surface area contributed by atoms with Crippen molar-refractivity contribution in [3.05, 3.63) is 54.2 Å². The summed E-state index contributed by atoms with van der Waals surface area (Å²) in [6.07, 6.45) is 6.34. The zero-order valence-electron chi connectivity index (χ0n) is 12.7. The molecule has 0 spiro atoms. The lowest BCUT2D eigenvalue weighted by Gasteiger charge is -2.14. The van der Waals surface area contributed by atoms with E-state index in [1.54, 1.807) is 26.4 Å². The quantitative estimate of drug-likeness (QED) is 0.720. The molecule has 8 nitrogen and oxygen atoms in total. The zero-order chi connectivity index (χ0) is 16.2. The molecule has 3 aromatic heterocycles. The van der Waals surface area contributed by atoms with Gasteiger partial charge in [-0.2, -0.15) is 4.98 Å². The topological polar surface area (TPSA) is 97.9 Å². The summed E-state index contributed by atoms with van der Waals surface area (Å²) in [7, 11) is 1.66. The van der Waals surface area contributed by atoms with Crippen molar-refractivity contribution in [3.8, 4) is 11.4 Å². The molecule has 0 aliphatic carbocycles. The third-order valence-corrected chi connectivity index (χ3v) is 3.13. The maximum atomic E-state index is 12.4. The van der Waals surface area contributed by atoms with Crippen LogP contribution in [0.1, 0.15) is 22.1 Å². The van der Waals surface area contributed by atoms with E-state index in [0.717, 1.165) is 5.56 Å². The van der Waals surface area contributed by atoms with Crippen LogP contribution >= 0.6 is 0 Å². The Morgan fingerprint density at radius 1 is 1.22 bits per heavy atom. The first kappa shape index (κ1) is 14.8. The molecule has 0 aliphatic heterocycles. The van der Waals surface area contributed by atoms with E-state index in [9.17, 15) is 4.79 Å². The molecular weight excluding hydrogens is 296 g/mol. The molecule has 0 bridgehead atoms. The van der Waals surface area contributed by atoms with Gasteiger partial charge >= 0.3 is 0 Å². The fourth-order valence-electron chi connectivity index (χ4n) is 2.00. The van der Waals surface area contributed by atoms with E-state index in [-0.39, 0.29) is 12.5 Å². The first-order valence-corrected chi connectivity index (χ1v) is 6.90. The van der Waals surface area contributed by atoms with Gasteiger partial charge in [0, 0.05) is 44.3 Å². The Labute approximate surface area is 132 Å². The minimum absolute atomic E-state index is 0.214. The Balaban J connectivity index is 1.72. The SMILES string of the molecule is Cc1nc(CN(C)C(=O)c2cnc(-c3ccncc3)nc2)no1. The highest BCUT2D eigenvalue weighted by Crippen LogP contribution is 2.13. The second-order valence-electron chi connectivity index (χ2n) is 4.92. The van der Waals surface area contributed by atoms with E-state index in [1.807, 2.05) is 12.1 Å². The van der Waals surface area contributed by atoms with Crippen molar-refractivity contribution in [2.75, 3.05) is 7.05 Å². The van der Waals surface area contributed by atoms with Crippen LogP contribution in [0.25, 0.3) is 11.4 Å². The van der Waals surface area contributed by atoms with E-state index in [1.165, 1.54) is 17.3 Å². The van der Waals surface area contributed by atoms with Crippen LogP contribution in [-0.4, -0.2) is 42.9 Å². The van der Waals surface area contributed by atoms with Crippen LogP contribution in [0, 0.1) is 6.92 Å². The van der Waals surface area contributed by atoms with Gasteiger partial charge < -0.3 is 9.42 Å². The van der Waals surface area contributed by atoms with Crippen LogP contribution < -0.4 is 0 Å². The van der Waals surface area contributed by atoms with Gasteiger partial charge in [-0.25, -0.2) is 9.97 Å². The van der Waals surface area contributed by atoms with Crippen molar-refractivity contribution in [3.63, 3.8) is 0 Å². The molecule has 23 heavy (non-hydrogen) atoms. The molecule has 0 unspecified atom stereocenters. The first-order valence-electron chi connectivity index (χ1n) is 6.90. The second-order valence-corrected chi connectivity index (χ2v) is 4.92. The zero-order valence-corrected chi connectivity index (χ0v) is 12.7. The average Bonchev–Trinajstić information content (AvgIpc) is 3.00. The largest absolute Gasteiger partial charge is 0.340 e. The Morgan fingerprint density at radius 2 is 1.91 bits per heavy atom. The Morgan fingerprint density at radius 3 is 2.52 bits per heavy atom. The predicted molar refractivity (Wildman–Crippen MR) is 80.1 cm³/mol. The van der Waals surface area contributed by atoms with Crippen LogP contribution in [0.2, 0.25) is 0 Å². The van der Waals surface area contributed by atoms with Crippen LogP contribution in [0.15, 0.2) is 41.4 Å². The number of rotatable bonds is 4. The monoisotopic (exact) mass is 310 g/mol. The summed E-state index contributed by atoms with van der Waals surface area (Å²) in [5.41, 5.74) is 1.24. The van der Waals surface area contributed by atoms with E-state index in [2.05, 4.69) is 25.1 Å². The number of pyridine rings is 1. The molecule has 0 atom stereocenters. The summed E-state index contributed by atoms with van der Waals surface area (Å²) < 4.78 is 4.89. The van der Waals surface area contributed by atoms with Gasteiger partial charge in [0.05, 0.1) is 12.1 Å². The predicted octanol–water partition coefficient (Wildman–Crippen LogP) is 1.50. The van der Waals surface area contributed by atoms with Gasteiger partial charge in [-0.05, 0) is 12.1 Å². The summed E-state index contributed by atoms with van der Waals surface area (Å²) in [5, 5.41) is 3.77. The van der Waals surface area contributed by atoms with Crippen molar-refractivity contribution >= 4 is 5.91 Å². The molecule has 0 fully saturated rings. The van der Waals surface area contributed by atoms with Crippen LogP contribution in [-0.2, 0) is 6.54 Å². The molecule has 0 aromatic carbocycles. The number of amides is 1. The smallest absolute Gasteiger partial charge is 0.257 e. The Hall–Kier alpha value is -3.16. The first-order chi connectivity index (χ1) is 11.1. The Kier molecular flexibility index (Phi) is 4.05. The molecule has 116 valence electrons. The number of aromatic nitrogens is 5. The molecule has 0 aliphatic rings. The average molecular weight is 310 g/mol. The molecule has 0 radical (unpaired) electrons. The number of hydrogen-bond donors (Lipinski definition) is 0. The molecule has 0 saturated carbocycles. The fourth-order valence-corrected chi connectivity index (χ4v) is 2.00. The highest BCUT2D eigenvalue weighted by Gasteiger charge is 2.15. The second kappa shape index (κ2) is 6.30. The normalized spacial score (nSPS) is 10.5. The summed E-state index contributed by atoms with van der Waals surface area (Å²) >= 11 is 0. The number of aryl methyl sites for hydroxylation is 1. The number of carbonyl (C=O) groups is 1. The van der Waals surface area contributed by atoms with Crippen molar-refractivity contribution < 1.29 is 9.32 Å². The summed E-state index contributed by atoms with van der Waals surface area (Å²) in [5.74, 6) is 1.24. The number of carbonyl (C=O) groups excluding carboxylic acids is 1. The van der Waals surface area contributed by atoms with Gasteiger partial charge in [-0.15, -0.1) is 0 Å². The lowest BCUT2D eigenvalue weighted by atomic mass is 10.2. The summed E-state index contributed by atoms with van der Waals surface area (Å²) in [4.78, 5) is 30.3. The molecule has 0 N–H and O–H groups in total. The minimum atomic E-state index is -0.214. The van der Waals surface area contributed by atoms with Crippen molar-refractivity contribution in [1.82, 2.24) is 30.0 Å². The molecule has 1 amide bonds. The maximum Gasteiger partial charge on any atom is 0.257 e. The molecule has 3 heterocycles. The minimum Gasteiger partial charge on any atom is -0.340 e. The Bertz CT molecular complexity index is 800. The summed E-state index contributed by atoms with van der Waals surface area (Å²) in [6, 6.07) is 3.61. The van der Waals surface area contributed by atoms with E-state index >= 15 is 0 Å². The van der Waals surface area contributed by atoms with Gasteiger partial charge in [0.15, 0.2) is 11.6 Å². The third-order valence-electron chi connectivity index (χ3n) is 3.13. The van der Waals surface area contributed by atoms with Crippen molar-refractivity contribution in [2.24, 2.45) is 0 Å².